The third-order valence-electron chi connectivity index (χ3n) is 8.31. The summed E-state index contributed by atoms with van der Waals surface area (Å²) in [6.07, 6.45) is -4.73. The molecule has 6 rings (SSSR count). The number of non-ortho nitro benzene ring substituents is 1. The Bertz CT molecular complexity index is 2020. The van der Waals surface area contributed by atoms with Crippen LogP contribution in [0.2, 0.25) is 0 Å². The van der Waals surface area contributed by atoms with Crippen LogP contribution in [0.25, 0.3) is 0 Å². The number of carbonyl (C=O) groups is 3. The van der Waals surface area contributed by atoms with Gasteiger partial charge in [-0.25, -0.2) is 4.90 Å². The molecule has 248 valence electrons. The number of alkyl halides is 3. The van der Waals surface area contributed by atoms with Crippen molar-refractivity contribution in [1.82, 2.24) is 4.57 Å². The minimum absolute atomic E-state index is 0.149. The molecule has 0 radical (unpaired) electrons. The van der Waals surface area contributed by atoms with E-state index < -0.39 is 68.6 Å². The number of nitrogens with one attached hydrogen (secondary N) is 1. The molecule has 10 nitrogen and oxygen atoms in total. The summed E-state index contributed by atoms with van der Waals surface area (Å²) < 4.78 is 41.8. The van der Waals surface area contributed by atoms with Crippen molar-refractivity contribution in [3.05, 3.63) is 114 Å². The average Bonchev–Trinajstić information content (AvgIpc) is 3.46. The second-order valence-corrected chi connectivity index (χ2v) is 14.5. The van der Waals surface area contributed by atoms with Gasteiger partial charge in [-0.05, 0) is 40.8 Å². The zero-order valence-corrected chi connectivity index (χ0v) is 27.2. The predicted octanol–water partition coefficient (Wildman–Crippen LogP) is 6.57. The number of halogens is 3. The predicted molar refractivity (Wildman–Crippen MR) is 174 cm³/mol. The van der Waals surface area contributed by atoms with Gasteiger partial charge in [0.05, 0.1) is 32.8 Å². The number of benzene rings is 3. The van der Waals surface area contributed by atoms with Crippen molar-refractivity contribution in [3.8, 4) is 0 Å². The maximum atomic E-state index is 14.1. The fourth-order valence-electron chi connectivity index (χ4n) is 5.96. The lowest BCUT2D eigenvalue weighted by atomic mass is 9.81. The molecular weight excluding hydrogens is 670 g/mol. The van der Waals surface area contributed by atoms with Crippen LogP contribution in [0, 0.1) is 16.0 Å². The number of nitro benzene ring substituents is 1. The van der Waals surface area contributed by atoms with E-state index in [0.717, 1.165) is 50.3 Å². The Balaban J connectivity index is 1.41. The molecular formula is C33H27F3N4O6S2. The van der Waals surface area contributed by atoms with Crippen LogP contribution in [0.1, 0.15) is 48.3 Å². The molecule has 3 heterocycles. The topological polar surface area (TPSA) is 132 Å². The van der Waals surface area contributed by atoms with Gasteiger partial charge in [-0.1, -0.05) is 80.3 Å². The number of para-hydroxylation sites is 1. The van der Waals surface area contributed by atoms with Gasteiger partial charge in [0, 0.05) is 22.9 Å². The molecule has 2 aliphatic rings. The van der Waals surface area contributed by atoms with E-state index in [9.17, 15) is 42.5 Å². The summed E-state index contributed by atoms with van der Waals surface area (Å²) in [6.45, 7) is 5.49. The highest BCUT2D eigenvalue weighted by Crippen LogP contribution is 2.54. The lowest BCUT2D eigenvalue weighted by molar-refractivity contribution is -0.384. The summed E-state index contributed by atoms with van der Waals surface area (Å²) in [7, 11) is 0. The standard InChI is InChI=1S/C33H27F3N4O6S2/c1-32(2,3)18-10-8-17(9-11-18)24-25-26(29(43)39(28(25)42)19-12-14-20(15-13-19)40(45)46)47-30-27(24)48-31(44)38(30)16-23(41)37-22-7-5-4-6-21(22)33(34,35)36/h4-15,24-26H,16H2,1-3H3,(H,37,41)/t24-,25-,26+/m0/s1. The number of nitro groups is 1. The van der Waals surface area contributed by atoms with Crippen LogP contribution in [0.4, 0.5) is 30.2 Å². The highest BCUT2D eigenvalue weighted by molar-refractivity contribution is 8.00. The van der Waals surface area contributed by atoms with Crippen molar-refractivity contribution in [2.75, 3.05) is 10.2 Å². The van der Waals surface area contributed by atoms with Crippen LogP contribution in [0.5, 0.6) is 0 Å². The molecule has 3 aromatic carbocycles. The number of hydrogen-bond acceptors (Lipinski definition) is 8. The van der Waals surface area contributed by atoms with E-state index in [2.05, 4.69) is 5.32 Å². The van der Waals surface area contributed by atoms with Crippen LogP contribution in [-0.4, -0.2) is 32.5 Å². The van der Waals surface area contributed by atoms with Crippen molar-refractivity contribution >= 4 is 57.9 Å². The number of thioether (sulfide) groups is 1. The lowest BCUT2D eigenvalue weighted by Gasteiger charge is -2.31. The van der Waals surface area contributed by atoms with E-state index in [-0.39, 0.29) is 21.8 Å². The third kappa shape index (κ3) is 5.92. The number of anilines is 2. The molecule has 0 unspecified atom stereocenters. The summed E-state index contributed by atoms with van der Waals surface area (Å²) in [6, 6.07) is 17.0. The molecule has 15 heteroatoms. The molecule has 3 atom stereocenters. The fourth-order valence-corrected chi connectivity index (χ4v) is 8.73. The molecule has 48 heavy (non-hydrogen) atoms. The Labute approximate surface area is 279 Å². The lowest BCUT2D eigenvalue weighted by Crippen LogP contribution is -2.33. The van der Waals surface area contributed by atoms with Crippen LogP contribution < -0.4 is 15.1 Å². The average molecular weight is 697 g/mol. The van der Waals surface area contributed by atoms with Crippen LogP contribution in [-0.2, 0) is 32.5 Å². The van der Waals surface area contributed by atoms with E-state index in [1.54, 1.807) is 0 Å². The van der Waals surface area contributed by atoms with Crippen LogP contribution in [0.3, 0.4) is 0 Å². The normalized spacial score (nSPS) is 19.2. The summed E-state index contributed by atoms with van der Waals surface area (Å²) in [5, 5.41) is 12.7. The fraction of sp³-hybridized carbons (Fsp3) is 0.273. The minimum atomic E-state index is -4.73. The first-order valence-electron chi connectivity index (χ1n) is 14.6. The van der Waals surface area contributed by atoms with Gasteiger partial charge < -0.3 is 5.32 Å². The monoisotopic (exact) mass is 696 g/mol. The minimum Gasteiger partial charge on any atom is -0.324 e. The molecule has 1 N–H and O–H groups in total. The van der Waals surface area contributed by atoms with E-state index in [1.165, 1.54) is 36.4 Å². The van der Waals surface area contributed by atoms with Gasteiger partial charge in [0.15, 0.2) is 0 Å². The van der Waals surface area contributed by atoms with Crippen molar-refractivity contribution < 1.29 is 32.5 Å². The highest BCUT2D eigenvalue weighted by atomic mass is 32.2. The van der Waals surface area contributed by atoms with Gasteiger partial charge in [0.25, 0.3) is 5.69 Å². The van der Waals surface area contributed by atoms with Crippen molar-refractivity contribution in [2.45, 2.75) is 55.1 Å². The second-order valence-electron chi connectivity index (χ2n) is 12.4. The van der Waals surface area contributed by atoms with Crippen LogP contribution >= 0.6 is 23.1 Å². The Hall–Kier alpha value is -4.76. The first-order chi connectivity index (χ1) is 22.6. The third-order valence-corrected chi connectivity index (χ3v) is 10.9. The SMILES string of the molecule is CC(C)(C)c1ccc([C@@H]2c3sc(=O)n(CC(=O)Nc4ccccc4C(F)(F)F)c3S[C@H]3C(=O)N(c4ccc([N+](=O)[O-])cc4)C(=O)[C@@H]23)cc1. The zero-order valence-electron chi connectivity index (χ0n) is 25.6. The maximum absolute atomic E-state index is 14.1. The second kappa shape index (κ2) is 12.0. The van der Waals surface area contributed by atoms with E-state index in [4.69, 9.17) is 0 Å². The molecule has 0 aliphatic carbocycles. The number of hydrogen-bond donors (Lipinski definition) is 1. The van der Waals surface area contributed by atoms with Gasteiger partial charge in [-0.3, -0.25) is 33.9 Å². The van der Waals surface area contributed by atoms with E-state index >= 15 is 0 Å². The van der Waals surface area contributed by atoms with Crippen LogP contribution in [0.15, 0.2) is 82.6 Å². The molecule has 1 saturated heterocycles. The Kier molecular flexibility index (Phi) is 8.32. The Morgan fingerprint density at radius 2 is 1.58 bits per heavy atom. The smallest absolute Gasteiger partial charge is 0.324 e. The molecule has 0 bridgehead atoms. The van der Waals surface area contributed by atoms with Gasteiger partial charge in [-0.2, -0.15) is 13.2 Å². The number of amides is 3. The molecule has 1 fully saturated rings. The number of fused-ring (bicyclic) bond motifs is 2. The summed E-state index contributed by atoms with van der Waals surface area (Å²) in [5.74, 6) is -3.75. The number of thiazole rings is 1. The molecule has 0 spiro atoms. The quantitative estimate of drug-likeness (QED) is 0.137. The first kappa shape index (κ1) is 33.2. The number of aromatic nitrogens is 1. The summed E-state index contributed by atoms with van der Waals surface area (Å²) in [5.41, 5.74) is -0.103. The maximum Gasteiger partial charge on any atom is 0.418 e. The van der Waals surface area contributed by atoms with E-state index in [1.807, 2.05) is 45.0 Å². The van der Waals surface area contributed by atoms with Gasteiger partial charge in [0.1, 0.15) is 11.8 Å². The zero-order chi connectivity index (χ0) is 34.7. The van der Waals surface area contributed by atoms with Gasteiger partial charge >= 0.3 is 11.0 Å². The first-order valence-corrected chi connectivity index (χ1v) is 16.3. The molecule has 4 aromatic rings. The number of rotatable bonds is 6. The molecule has 0 saturated carbocycles. The largest absolute Gasteiger partial charge is 0.418 e. The Morgan fingerprint density at radius 1 is 0.938 bits per heavy atom. The Morgan fingerprint density at radius 3 is 2.19 bits per heavy atom. The molecule has 3 amide bonds. The highest BCUT2D eigenvalue weighted by Gasteiger charge is 2.57. The number of imide groups is 1. The van der Waals surface area contributed by atoms with Crippen molar-refractivity contribution in [1.29, 1.82) is 0 Å². The summed E-state index contributed by atoms with van der Waals surface area (Å²) in [4.78, 5) is 66.0. The van der Waals surface area contributed by atoms with Crippen molar-refractivity contribution in [2.24, 2.45) is 5.92 Å². The molecule has 2 aliphatic heterocycles. The summed E-state index contributed by atoms with van der Waals surface area (Å²) >= 11 is 1.76. The van der Waals surface area contributed by atoms with E-state index in [0.29, 0.717) is 10.4 Å². The number of carbonyl (C=O) groups excluding carboxylic acids is 3. The van der Waals surface area contributed by atoms with Gasteiger partial charge in [0.2, 0.25) is 17.7 Å². The van der Waals surface area contributed by atoms with Gasteiger partial charge in [-0.15, -0.1) is 0 Å². The molecule has 1 aromatic heterocycles. The van der Waals surface area contributed by atoms with Crippen molar-refractivity contribution in [3.63, 3.8) is 0 Å². The number of nitrogens with zero attached hydrogens (tertiary/aromatic N) is 3.